The number of fused-ring (bicyclic) bond motifs is 3. The van der Waals surface area contributed by atoms with Crippen molar-refractivity contribution in [3.63, 3.8) is 0 Å². The standard InChI is InChI=1S/C13H15BrN2O3Te/c1-19-12(17)15-8-7-13(14)9-5-3-4-6-10(9)16(11(13)15)20(2)18/h3-6,11H,7-8H2,1-2H3/t11-,13-/m0/s1. The molecular weight excluding hydrogens is 440 g/mol. The average Bonchev–Trinajstić information content (AvgIpc) is 2.89. The van der Waals surface area contributed by atoms with E-state index in [-0.39, 0.29) is 16.6 Å². The number of hydrogen-bond acceptors (Lipinski definition) is 3. The number of nitrogens with zero attached hydrogens (tertiary/aromatic N) is 2. The molecule has 1 aromatic rings. The molecule has 0 spiro atoms. The van der Waals surface area contributed by atoms with E-state index in [1.54, 1.807) is 9.87 Å². The zero-order valence-corrected chi connectivity index (χ0v) is 15.1. The number of amides is 1. The van der Waals surface area contributed by atoms with Gasteiger partial charge in [0.1, 0.15) is 0 Å². The Hall–Kier alpha value is -0.640. The summed E-state index contributed by atoms with van der Waals surface area (Å²) in [5.74, 6) is 0. The van der Waals surface area contributed by atoms with Crippen molar-refractivity contribution in [1.82, 2.24) is 4.90 Å². The van der Waals surface area contributed by atoms with Gasteiger partial charge in [-0.25, -0.2) is 0 Å². The molecule has 1 aromatic carbocycles. The summed E-state index contributed by atoms with van der Waals surface area (Å²) < 4.78 is 18.8. The zero-order valence-electron chi connectivity index (χ0n) is 11.2. The van der Waals surface area contributed by atoms with Gasteiger partial charge in [-0.2, -0.15) is 0 Å². The number of ether oxygens (including phenoxy) is 1. The number of halogens is 1. The molecule has 0 saturated carbocycles. The van der Waals surface area contributed by atoms with Crippen LogP contribution in [0.15, 0.2) is 24.3 Å². The molecule has 7 heteroatoms. The molecule has 2 aliphatic rings. The first kappa shape index (κ1) is 14.3. The number of benzene rings is 1. The summed E-state index contributed by atoms with van der Waals surface area (Å²) in [4.78, 5) is 15.4. The molecule has 5 nitrogen and oxygen atoms in total. The van der Waals surface area contributed by atoms with Crippen LogP contribution < -0.4 is 3.15 Å². The van der Waals surface area contributed by atoms with Gasteiger partial charge in [0.05, 0.1) is 0 Å². The van der Waals surface area contributed by atoms with Crippen molar-refractivity contribution in [3.8, 4) is 0 Å². The molecule has 1 amide bonds. The van der Waals surface area contributed by atoms with Gasteiger partial charge in [-0.1, -0.05) is 0 Å². The van der Waals surface area contributed by atoms with Crippen LogP contribution in [-0.4, -0.2) is 50.6 Å². The number of rotatable bonds is 1. The number of likely N-dealkylation sites (tertiary alicyclic amines) is 1. The molecular formula is C13H15BrN2O3Te. The normalized spacial score (nSPS) is 27.7. The Bertz CT molecular complexity index is 597. The Labute approximate surface area is 133 Å². The molecule has 2 heterocycles. The Morgan fingerprint density at radius 2 is 2.20 bits per heavy atom. The summed E-state index contributed by atoms with van der Waals surface area (Å²) in [5, 5.41) is 0. The van der Waals surface area contributed by atoms with Gasteiger partial charge >= 0.3 is 134 Å². The summed E-state index contributed by atoms with van der Waals surface area (Å²) in [6.07, 6.45) is 0.160. The third-order valence-corrected chi connectivity index (χ3v) is 7.86. The SMILES string of the molecule is COC(=O)N1CC[C@]2(Br)c3ccccc3N([Te](C)=O)[C@H]12. The van der Waals surface area contributed by atoms with E-state index < -0.39 is 19.8 Å². The summed E-state index contributed by atoms with van der Waals surface area (Å²) in [5.41, 5.74) is 2.08. The van der Waals surface area contributed by atoms with Gasteiger partial charge in [0.25, 0.3) is 0 Å². The number of carbonyl (C=O) groups excluding carboxylic acids is 1. The summed E-state index contributed by atoms with van der Waals surface area (Å²) in [6, 6.07) is 7.93. The molecule has 2 aliphatic heterocycles. The van der Waals surface area contributed by atoms with E-state index in [0.29, 0.717) is 6.54 Å². The van der Waals surface area contributed by atoms with Gasteiger partial charge in [-0.15, -0.1) is 0 Å². The first-order valence-electron chi connectivity index (χ1n) is 6.26. The molecule has 2 atom stereocenters. The van der Waals surface area contributed by atoms with Crippen LogP contribution in [0.2, 0.25) is 4.97 Å². The van der Waals surface area contributed by atoms with Crippen LogP contribution in [0.3, 0.4) is 0 Å². The summed E-state index contributed by atoms with van der Waals surface area (Å²) >= 11 is 1.13. The first-order valence-corrected chi connectivity index (χ1v) is 11.4. The Morgan fingerprint density at radius 1 is 1.50 bits per heavy atom. The van der Waals surface area contributed by atoms with Gasteiger partial charge in [0, 0.05) is 0 Å². The van der Waals surface area contributed by atoms with Crippen LogP contribution >= 0.6 is 15.9 Å². The fourth-order valence-electron chi connectivity index (χ4n) is 3.10. The number of carbonyl (C=O) groups is 1. The number of para-hydroxylation sites is 1. The summed E-state index contributed by atoms with van der Waals surface area (Å²) in [7, 11) is 1.38. The quantitative estimate of drug-likeness (QED) is 0.483. The van der Waals surface area contributed by atoms with Gasteiger partial charge < -0.3 is 0 Å². The van der Waals surface area contributed by atoms with Crippen LogP contribution in [0.1, 0.15) is 12.0 Å². The van der Waals surface area contributed by atoms with E-state index in [1.807, 2.05) is 27.4 Å². The van der Waals surface area contributed by atoms with Crippen molar-refractivity contribution in [2.75, 3.05) is 16.8 Å². The van der Waals surface area contributed by atoms with Crippen molar-refractivity contribution < 1.29 is 12.6 Å². The fourth-order valence-corrected chi connectivity index (χ4v) is 7.38. The number of methoxy groups -OCH3 is 1. The Morgan fingerprint density at radius 3 is 2.85 bits per heavy atom. The third-order valence-electron chi connectivity index (χ3n) is 3.92. The van der Waals surface area contributed by atoms with Gasteiger partial charge in [-0.3, -0.25) is 0 Å². The van der Waals surface area contributed by atoms with Crippen molar-refractivity contribution in [3.05, 3.63) is 29.8 Å². The van der Waals surface area contributed by atoms with E-state index in [2.05, 4.69) is 15.9 Å². The van der Waals surface area contributed by atoms with Crippen LogP contribution in [0, 0.1) is 0 Å². The van der Waals surface area contributed by atoms with E-state index >= 15 is 0 Å². The maximum absolute atomic E-state index is 12.3. The molecule has 0 aliphatic carbocycles. The van der Waals surface area contributed by atoms with Crippen molar-refractivity contribution in [1.29, 1.82) is 0 Å². The molecule has 108 valence electrons. The van der Waals surface area contributed by atoms with Crippen molar-refractivity contribution >= 4 is 47.5 Å². The molecule has 0 bridgehead atoms. The van der Waals surface area contributed by atoms with E-state index in [0.717, 1.165) is 17.7 Å². The molecule has 0 aromatic heterocycles. The second-order valence-corrected chi connectivity index (χ2v) is 9.87. The second-order valence-electron chi connectivity index (χ2n) is 4.92. The topological polar surface area (TPSA) is 49.9 Å². The van der Waals surface area contributed by atoms with E-state index in [9.17, 15) is 7.90 Å². The number of alkyl halides is 1. The predicted octanol–water partition coefficient (Wildman–Crippen LogP) is 2.44. The first-order chi connectivity index (χ1) is 9.50. The predicted molar refractivity (Wildman–Crippen MR) is 79.3 cm³/mol. The van der Waals surface area contributed by atoms with Gasteiger partial charge in [0.15, 0.2) is 0 Å². The fraction of sp³-hybridized carbons (Fsp3) is 0.462. The third kappa shape index (κ3) is 1.83. The van der Waals surface area contributed by atoms with Gasteiger partial charge in [-0.05, 0) is 0 Å². The minimum atomic E-state index is -2.68. The average molecular weight is 455 g/mol. The van der Waals surface area contributed by atoms with Crippen LogP contribution in [0.4, 0.5) is 10.5 Å². The number of hydrogen-bond donors (Lipinski definition) is 0. The molecule has 0 radical (unpaired) electrons. The zero-order chi connectivity index (χ0) is 14.5. The Kier molecular flexibility index (Phi) is 3.56. The summed E-state index contributed by atoms with van der Waals surface area (Å²) in [6.45, 7) is 0.597. The molecule has 0 N–H and O–H groups in total. The molecule has 3 rings (SSSR count). The van der Waals surface area contributed by atoms with Crippen LogP contribution in [0.5, 0.6) is 0 Å². The Balaban J connectivity index is 2.14. The van der Waals surface area contributed by atoms with E-state index in [1.165, 1.54) is 7.11 Å². The maximum atomic E-state index is 12.3. The molecule has 20 heavy (non-hydrogen) atoms. The number of anilines is 1. The molecule has 0 unspecified atom stereocenters. The van der Waals surface area contributed by atoms with Gasteiger partial charge in [0.2, 0.25) is 0 Å². The molecule has 1 saturated heterocycles. The molecule has 1 fully saturated rings. The monoisotopic (exact) mass is 456 g/mol. The van der Waals surface area contributed by atoms with Crippen LogP contribution in [-0.2, 0) is 12.2 Å². The van der Waals surface area contributed by atoms with Crippen LogP contribution in [0.25, 0.3) is 0 Å². The second kappa shape index (κ2) is 4.97. The minimum absolute atomic E-state index is 0.258. The van der Waals surface area contributed by atoms with Crippen molar-refractivity contribution in [2.24, 2.45) is 0 Å². The van der Waals surface area contributed by atoms with Crippen molar-refractivity contribution in [2.45, 2.75) is 21.9 Å². The van der Waals surface area contributed by atoms with E-state index in [4.69, 9.17) is 4.74 Å².